The Morgan fingerprint density at radius 1 is 1.24 bits per heavy atom. The van der Waals surface area contributed by atoms with E-state index in [1.54, 1.807) is 6.07 Å². The fraction of sp³-hybridized carbons (Fsp3) is 0.333. The van der Waals surface area contributed by atoms with Gasteiger partial charge in [-0.15, -0.1) is 0 Å². The van der Waals surface area contributed by atoms with Gasteiger partial charge in [0.15, 0.2) is 0 Å². The Morgan fingerprint density at radius 2 is 2.00 bits per heavy atom. The molecule has 2 aromatic rings. The Labute approximate surface area is 133 Å². The number of benzene rings is 2. The van der Waals surface area contributed by atoms with Gasteiger partial charge in [-0.3, -0.25) is 0 Å². The molecule has 0 spiro atoms. The summed E-state index contributed by atoms with van der Waals surface area (Å²) in [5, 5.41) is 3.57. The number of hydrogen-bond acceptors (Lipinski definition) is 1. The second-order valence-electron chi connectivity index (χ2n) is 5.94. The molecule has 3 rings (SSSR count). The van der Waals surface area contributed by atoms with Crippen molar-refractivity contribution < 1.29 is 4.39 Å². The average Bonchev–Trinajstić information content (AvgIpc) is 2.46. The van der Waals surface area contributed by atoms with Gasteiger partial charge < -0.3 is 5.32 Å². The van der Waals surface area contributed by atoms with Crippen LogP contribution in [0.15, 0.2) is 40.9 Å². The smallest absolute Gasteiger partial charge is 0.128 e. The van der Waals surface area contributed by atoms with Crippen molar-refractivity contribution in [3.63, 3.8) is 0 Å². The molecule has 1 aliphatic rings. The van der Waals surface area contributed by atoms with Gasteiger partial charge in [0, 0.05) is 15.7 Å². The molecular weight excluding hydrogens is 329 g/mol. The molecule has 1 aliphatic heterocycles. The highest BCUT2D eigenvalue weighted by Gasteiger charge is 2.24. The largest absolute Gasteiger partial charge is 0.378 e. The van der Waals surface area contributed by atoms with Crippen molar-refractivity contribution >= 4 is 21.6 Å². The van der Waals surface area contributed by atoms with E-state index in [2.05, 4.69) is 47.2 Å². The lowest BCUT2D eigenvalue weighted by Gasteiger charge is -2.30. The summed E-state index contributed by atoms with van der Waals surface area (Å²) in [4.78, 5) is 0. The highest BCUT2D eigenvalue weighted by Crippen LogP contribution is 2.39. The number of fused-ring (bicyclic) bond motifs is 1. The fourth-order valence-corrected chi connectivity index (χ4v) is 3.58. The summed E-state index contributed by atoms with van der Waals surface area (Å²) in [6.45, 7) is 4.38. The first kappa shape index (κ1) is 14.6. The lowest BCUT2D eigenvalue weighted by atomic mass is 9.88. The molecular formula is C18H19BrFN. The van der Waals surface area contributed by atoms with Crippen LogP contribution in [-0.4, -0.2) is 0 Å². The zero-order valence-electron chi connectivity index (χ0n) is 12.3. The van der Waals surface area contributed by atoms with Crippen LogP contribution in [0, 0.1) is 5.82 Å². The van der Waals surface area contributed by atoms with Gasteiger partial charge >= 0.3 is 0 Å². The molecule has 1 unspecified atom stereocenters. The van der Waals surface area contributed by atoms with Gasteiger partial charge in [0.05, 0.1) is 6.04 Å². The lowest BCUT2D eigenvalue weighted by Crippen LogP contribution is -2.20. The van der Waals surface area contributed by atoms with Gasteiger partial charge in [0.25, 0.3) is 0 Å². The van der Waals surface area contributed by atoms with E-state index in [0.717, 1.165) is 22.9 Å². The van der Waals surface area contributed by atoms with Crippen LogP contribution in [-0.2, 0) is 6.42 Å². The summed E-state index contributed by atoms with van der Waals surface area (Å²) in [7, 11) is 0. The maximum absolute atomic E-state index is 14.0. The van der Waals surface area contributed by atoms with Gasteiger partial charge in [0.1, 0.15) is 5.82 Å². The molecule has 21 heavy (non-hydrogen) atoms. The van der Waals surface area contributed by atoms with E-state index in [1.807, 2.05) is 12.1 Å². The molecule has 0 aromatic heterocycles. The zero-order valence-corrected chi connectivity index (χ0v) is 13.9. The number of anilines is 1. The molecule has 3 heteroatoms. The van der Waals surface area contributed by atoms with Crippen molar-refractivity contribution in [1.82, 2.24) is 0 Å². The van der Waals surface area contributed by atoms with Crippen LogP contribution in [0.5, 0.6) is 0 Å². The van der Waals surface area contributed by atoms with Gasteiger partial charge in [-0.1, -0.05) is 48.0 Å². The molecule has 1 atom stereocenters. The molecule has 2 aromatic carbocycles. The summed E-state index contributed by atoms with van der Waals surface area (Å²) in [6, 6.07) is 11.5. The summed E-state index contributed by atoms with van der Waals surface area (Å²) < 4.78 is 15.1. The van der Waals surface area contributed by atoms with E-state index in [-0.39, 0.29) is 11.9 Å². The van der Waals surface area contributed by atoms with Crippen molar-refractivity contribution in [2.75, 3.05) is 5.32 Å². The second kappa shape index (κ2) is 5.80. The highest BCUT2D eigenvalue weighted by atomic mass is 79.9. The van der Waals surface area contributed by atoms with E-state index in [4.69, 9.17) is 0 Å². The van der Waals surface area contributed by atoms with Crippen molar-refractivity contribution in [3.8, 4) is 0 Å². The molecule has 1 heterocycles. The molecule has 0 radical (unpaired) electrons. The molecule has 0 amide bonds. The van der Waals surface area contributed by atoms with Crippen molar-refractivity contribution in [2.24, 2.45) is 0 Å². The summed E-state index contributed by atoms with van der Waals surface area (Å²) in [5.74, 6) is 0.310. The summed E-state index contributed by atoms with van der Waals surface area (Å²) >= 11 is 3.59. The molecule has 110 valence electrons. The van der Waals surface area contributed by atoms with Gasteiger partial charge in [-0.25, -0.2) is 4.39 Å². The zero-order chi connectivity index (χ0) is 15.0. The molecule has 1 N–H and O–H groups in total. The van der Waals surface area contributed by atoms with Crippen LogP contribution in [0.2, 0.25) is 0 Å². The third kappa shape index (κ3) is 2.84. The van der Waals surface area contributed by atoms with Crippen LogP contribution in [0.1, 0.15) is 48.9 Å². The van der Waals surface area contributed by atoms with Crippen molar-refractivity contribution in [2.45, 2.75) is 38.6 Å². The fourth-order valence-electron chi connectivity index (χ4n) is 3.05. The van der Waals surface area contributed by atoms with Gasteiger partial charge in [0.2, 0.25) is 0 Å². The van der Waals surface area contributed by atoms with E-state index >= 15 is 0 Å². The average molecular weight is 348 g/mol. The molecule has 0 bridgehead atoms. The van der Waals surface area contributed by atoms with Crippen LogP contribution >= 0.6 is 15.9 Å². The molecule has 0 saturated carbocycles. The van der Waals surface area contributed by atoms with Gasteiger partial charge in [-0.05, 0) is 48.1 Å². The topological polar surface area (TPSA) is 12.0 Å². The number of rotatable bonds is 2. The number of halogens is 2. The Bertz CT molecular complexity index is 666. The minimum atomic E-state index is -0.123. The summed E-state index contributed by atoms with van der Waals surface area (Å²) in [5.41, 5.74) is 4.56. The van der Waals surface area contributed by atoms with Crippen LogP contribution in [0.3, 0.4) is 0 Å². The van der Waals surface area contributed by atoms with Crippen molar-refractivity contribution in [1.29, 1.82) is 0 Å². The first-order chi connectivity index (χ1) is 10.1. The normalized spacial score (nSPS) is 17.5. The van der Waals surface area contributed by atoms with Crippen LogP contribution < -0.4 is 5.32 Å². The minimum absolute atomic E-state index is 0.0531. The molecule has 0 saturated heterocycles. The van der Waals surface area contributed by atoms with E-state index in [9.17, 15) is 4.39 Å². The van der Waals surface area contributed by atoms with E-state index in [0.29, 0.717) is 5.92 Å². The minimum Gasteiger partial charge on any atom is -0.378 e. The van der Waals surface area contributed by atoms with Crippen molar-refractivity contribution in [3.05, 3.63) is 63.4 Å². The maximum Gasteiger partial charge on any atom is 0.128 e. The highest BCUT2D eigenvalue weighted by molar-refractivity contribution is 9.10. The summed E-state index contributed by atoms with van der Waals surface area (Å²) in [6.07, 6.45) is 1.89. The monoisotopic (exact) mass is 347 g/mol. The first-order valence-electron chi connectivity index (χ1n) is 7.39. The predicted octanol–water partition coefficient (Wildman–Crippen LogP) is 5.81. The molecule has 0 aliphatic carbocycles. The second-order valence-corrected chi connectivity index (χ2v) is 6.86. The van der Waals surface area contributed by atoms with Crippen LogP contribution in [0.4, 0.5) is 10.1 Å². The number of nitrogens with one attached hydrogen (secondary N) is 1. The molecule has 0 fully saturated rings. The first-order valence-corrected chi connectivity index (χ1v) is 8.19. The van der Waals surface area contributed by atoms with E-state index in [1.165, 1.54) is 22.9 Å². The Balaban J connectivity index is 2.00. The number of aryl methyl sites for hydroxylation is 1. The Morgan fingerprint density at radius 3 is 2.71 bits per heavy atom. The maximum atomic E-state index is 14.0. The Hall–Kier alpha value is -1.35. The number of hydrogen-bond donors (Lipinski definition) is 1. The van der Waals surface area contributed by atoms with E-state index < -0.39 is 0 Å². The van der Waals surface area contributed by atoms with Gasteiger partial charge in [-0.2, -0.15) is 0 Å². The quantitative estimate of drug-likeness (QED) is 0.722. The lowest BCUT2D eigenvalue weighted by molar-refractivity contribution is 0.571. The molecule has 1 nitrogen and oxygen atoms in total. The Kier molecular flexibility index (Phi) is 4.03. The standard InChI is InChI=1S/C18H19BrFN/c1-11(2)15-10-13(19)9-12-7-8-17(21-18(12)15)14-5-3-4-6-16(14)20/h3-6,9-11,17,21H,7-8H2,1-2H3. The predicted molar refractivity (Wildman–Crippen MR) is 89.3 cm³/mol. The SMILES string of the molecule is CC(C)c1cc(Br)cc2c1NC(c1ccccc1F)CC2. The third-order valence-electron chi connectivity index (χ3n) is 4.14. The third-order valence-corrected chi connectivity index (χ3v) is 4.60. The van der Waals surface area contributed by atoms with Crippen LogP contribution in [0.25, 0.3) is 0 Å².